The van der Waals surface area contributed by atoms with Crippen LogP contribution in [-0.4, -0.2) is 74.6 Å². The first-order valence-electron chi connectivity index (χ1n) is 7.78. The Labute approximate surface area is 183 Å². The first-order chi connectivity index (χ1) is 15.5. The Kier molecular flexibility index (Phi) is 9.86. The first kappa shape index (κ1) is 34.4. The average Bonchev–Trinajstić information content (AvgIpc) is 2.62. The van der Waals surface area contributed by atoms with Crippen LogP contribution in [0.2, 0.25) is 0 Å². The van der Waals surface area contributed by atoms with Crippen LogP contribution in [0.5, 0.6) is 0 Å². The molecule has 0 spiro atoms. The number of hydrogen-bond acceptors (Lipinski definition) is 4. The molecule has 24 heteroatoms. The van der Waals surface area contributed by atoms with Crippen LogP contribution >= 0.6 is 0 Å². The molecule has 2 atom stereocenters. The molecule has 2 unspecified atom stereocenters. The average molecular weight is 594 g/mol. The minimum Gasteiger partial charge on any atom is -0.314 e. The topological polar surface area (TPSA) is 36.9 Å². The van der Waals surface area contributed by atoms with Crippen LogP contribution in [0.15, 0.2) is 0 Å². The summed E-state index contributed by atoms with van der Waals surface area (Å²) in [5, 5.41) is 0. The quantitative estimate of drug-likeness (QED) is 0.183. The van der Waals surface area contributed by atoms with Crippen LogP contribution in [0.3, 0.4) is 0 Å². The van der Waals surface area contributed by atoms with Crippen LogP contribution < -0.4 is 0 Å². The lowest BCUT2D eigenvalue weighted by Gasteiger charge is -2.31. The molecule has 0 aromatic rings. The molecule has 218 valence electrons. The van der Waals surface area contributed by atoms with E-state index < -0.39 is 74.6 Å². The predicted octanol–water partition coefficient (Wildman–Crippen LogP) is 6.41. The van der Waals surface area contributed by atoms with Gasteiger partial charge in [0.25, 0.3) is 12.7 Å². The monoisotopic (exact) mass is 594 g/mol. The van der Waals surface area contributed by atoms with Gasteiger partial charge < -0.3 is 9.47 Å². The molecule has 0 aromatic carbocycles. The maximum Gasteiger partial charge on any atom is 0.462 e. The van der Waals surface area contributed by atoms with E-state index in [4.69, 9.17) is 0 Å². The highest BCUT2D eigenvalue weighted by atomic mass is 19.4. The lowest BCUT2D eigenvalue weighted by Crippen LogP contribution is -2.56. The summed E-state index contributed by atoms with van der Waals surface area (Å²) < 4.78 is 259. The van der Waals surface area contributed by atoms with Gasteiger partial charge in [-0.15, -0.1) is 0 Å². The fourth-order valence-electron chi connectivity index (χ4n) is 1.36. The van der Waals surface area contributed by atoms with Gasteiger partial charge in [-0.1, -0.05) is 0 Å². The summed E-state index contributed by atoms with van der Waals surface area (Å²) >= 11 is 0. The van der Waals surface area contributed by atoms with Crippen molar-refractivity contribution in [2.45, 2.75) is 61.3 Å². The Morgan fingerprint density at radius 1 is 0.417 bits per heavy atom. The van der Waals surface area contributed by atoms with E-state index in [9.17, 15) is 87.8 Å². The summed E-state index contributed by atoms with van der Waals surface area (Å²) in [5.74, 6) is -14.5. The van der Waals surface area contributed by atoms with Crippen molar-refractivity contribution in [3.63, 3.8) is 0 Å². The van der Waals surface area contributed by atoms with Gasteiger partial charge in [-0.25, -0.2) is 8.78 Å². The minimum absolute atomic E-state index is 1.98. The third-order valence-electron chi connectivity index (χ3n) is 3.15. The maximum atomic E-state index is 13.1. The van der Waals surface area contributed by atoms with Crippen LogP contribution in [0.1, 0.15) is 0 Å². The third-order valence-corrected chi connectivity index (χ3v) is 3.15. The molecule has 0 saturated heterocycles. The number of halogens is 20. The molecular formula is C12H6F20O4. The molecule has 0 aromatic heterocycles. The standard InChI is InChI=1S/C12H6F20O4/c13-3(35-11(29,30)7(19,20)9(23,24)25)5(15,16)33-1-2-34-6(17,18)4(14)36-12(31,32)8(21,22)10(26,27)28/h3-4H,1-2H2. The van der Waals surface area contributed by atoms with Crippen molar-refractivity contribution in [2.24, 2.45) is 0 Å². The summed E-state index contributed by atoms with van der Waals surface area (Å²) in [6.07, 6.45) is -50.7. The van der Waals surface area contributed by atoms with Crippen molar-refractivity contribution in [1.82, 2.24) is 0 Å². The van der Waals surface area contributed by atoms with Gasteiger partial charge in [-0.3, -0.25) is 9.47 Å². The Morgan fingerprint density at radius 3 is 0.833 bits per heavy atom. The zero-order chi connectivity index (χ0) is 29.4. The van der Waals surface area contributed by atoms with Crippen molar-refractivity contribution in [3.05, 3.63) is 0 Å². The van der Waals surface area contributed by atoms with E-state index in [0.717, 1.165) is 0 Å². The van der Waals surface area contributed by atoms with Gasteiger partial charge in [0, 0.05) is 0 Å². The molecule has 36 heavy (non-hydrogen) atoms. The molecule has 0 fully saturated rings. The molecular weight excluding hydrogens is 588 g/mol. The molecule has 0 rings (SSSR count). The van der Waals surface area contributed by atoms with Crippen molar-refractivity contribution in [2.75, 3.05) is 13.2 Å². The van der Waals surface area contributed by atoms with E-state index in [1.165, 1.54) is 0 Å². The van der Waals surface area contributed by atoms with Crippen molar-refractivity contribution >= 4 is 0 Å². The second-order valence-corrected chi connectivity index (χ2v) is 5.87. The Balaban J connectivity index is 5.08. The van der Waals surface area contributed by atoms with Gasteiger partial charge in [0.2, 0.25) is 0 Å². The fraction of sp³-hybridized carbons (Fsp3) is 1.00. The van der Waals surface area contributed by atoms with Gasteiger partial charge >= 0.3 is 48.6 Å². The molecule has 0 heterocycles. The highest BCUT2D eigenvalue weighted by Gasteiger charge is 2.77. The lowest BCUT2D eigenvalue weighted by molar-refractivity contribution is -0.469. The van der Waals surface area contributed by atoms with Gasteiger partial charge in [-0.2, -0.15) is 79.0 Å². The molecule has 0 aliphatic carbocycles. The van der Waals surface area contributed by atoms with Gasteiger partial charge in [0.05, 0.1) is 13.2 Å². The van der Waals surface area contributed by atoms with E-state index in [1.807, 2.05) is 9.47 Å². The van der Waals surface area contributed by atoms with Gasteiger partial charge in [0.15, 0.2) is 0 Å². The van der Waals surface area contributed by atoms with Crippen LogP contribution in [0.4, 0.5) is 87.8 Å². The third kappa shape index (κ3) is 7.49. The Hall–Kier alpha value is -1.56. The van der Waals surface area contributed by atoms with Gasteiger partial charge in [-0.05, 0) is 0 Å². The Morgan fingerprint density at radius 2 is 0.639 bits per heavy atom. The zero-order valence-corrected chi connectivity index (χ0v) is 15.8. The SMILES string of the molecule is FC(OC(F)(F)C(F)(F)C(F)(F)F)C(F)(F)OCCOC(F)(F)C(F)OC(F)(F)C(F)(F)C(F)(F)F. The lowest BCUT2D eigenvalue weighted by atomic mass is 10.3. The van der Waals surface area contributed by atoms with Crippen LogP contribution in [-0.2, 0) is 18.9 Å². The Bertz CT molecular complexity index is 654. The minimum atomic E-state index is -7.26. The predicted molar refractivity (Wildman–Crippen MR) is 65.7 cm³/mol. The number of hydrogen-bond donors (Lipinski definition) is 0. The molecule has 0 amide bonds. The van der Waals surface area contributed by atoms with E-state index in [0.29, 0.717) is 0 Å². The van der Waals surface area contributed by atoms with Crippen LogP contribution in [0.25, 0.3) is 0 Å². The molecule has 0 aliphatic heterocycles. The molecule has 4 nitrogen and oxygen atoms in total. The summed E-state index contributed by atoms with van der Waals surface area (Å²) in [6.45, 7) is -4.62. The highest BCUT2D eigenvalue weighted by molar-refractivity contribution is 4.86. The number of alkyl halides is 20. The van der Waals surface area contributed by atoms with E-state index in [1.54, 1.807) is 0 Å². The second-order valence-electron chi connectivity index (χ2n) is 5.87. The van der Waals surface area contributed by atoms with E-state index >= 15 is 0 Å². The molecule has 0 saturated carbocycles. The molecule has 0 aliphatic rings. The van der Waals surface area contributed by atoms with E-state index in [-0.39, 0.29) is 0 Å². The normalized spacial score (nSPS) is 17.3. The number of rotatable bonds is 13. The van der Waals surface area contributed by atoms with E-state index in [2.05, 4.69) is 9.47 Å². The second kappa shape index (κ2) is 10.3. The molecule has 0 radical (unpaired) electrons. The van der Waals surface area contributed by atoms with Crippen molar-refractivity contribution in [1.29, 1.82) is 0 Å². The van der Waals surface area contributed by atoms with Gasteiger partial charge in [0.1, 0.15) is 0 Å². The molecule has 0 N–H and O–H groups in total. The van der Waals surface area contributed by atoms with Crippen molar-refractivity contribution < 1.29 is 107 Å². The van der Waals surface area contributed by atoms with Crippen LogP contribution in [0, 0.1) is 0 Å². The summed E-state index contributed by atoms with van der Waals surface area (Å²) in [6, 6.07) is 0. The number of ether oxygens (including phenoxy) is 4. The van der Waals surface area contributed by atoms with Crippen molar-refractivity contribution in [3.8, 4) is 0 Å². The largest absolute Gasteiger partial charge is 0.462 e. The smallest absolute Gasteiger partial charge is 0.314 e. The summed E-state index contributed by atoms with van der Waals surface area (Å²) in [4.78, 5) is 0. The fourth-order valence-corrected chi connectivity index (χ4v) is 1.36. The first-order valence-corrected chi connectivity index (χ1v) is 7.78. The highest BCUT2D eigenvalue weighted by Crippen LogP contribution is 2.49. The molecule has 0 bridgehead atoms. The summed E-state index contributed by atoms with van der Waals surface area (Å²) in [7, 11) is 0. The summed E-state index contributed by atoms with van der Waals surface area (Å²) in [5.41, 5.74) is 0. The maximum absolute atomic E-state index is 13.1. The zero-order valence-electron chi connectivity index (χ0n) is 15.8.